The van der Waals surface area contributed by atoms with Crippen molar-refractivity contribution in [1.82, 2.24) is 13.9 Å². The third kappa shape index (κ3) is 1.99. The Labute approximate surface area is 112 Å². The summed E-state index contributed by atoms with van der Waals surface area (Å²) in [6.45, 7) is 1.35. The molecule has 0 bridgehead atoms. The molecule has 1 aromatic rings. The van der Waals surface area contributed by atoms with Crippen LogP contribution in [-0.4, -0.2) is 61.3 Å². The second-order valence-electron chi connectivity index (χ2n) is 4.99. The third-order valence-electron chi connectivity index (χ3n) is 3.86. The van der Waals surface area contributed by atoms with Crippen molar-refractivity contribution in [3.8, 4) is 0 Å². The van der Waals surface area contributed by atoms with E-state index in [0.717, 1.165) is 0 Å². The van der Waals surface area contributed by atoms with Gasteiger partial charge in [0.1, 0.15) is 0 Å². The van der Waals surface area contributed by atoms with Crippen LogP contribution >= 0.6 is 0 Å². The van der Waals surface area contributed by atoms with Crippen LogP contribution in [0.3, 0.4) is 0 Å². The molecule has 0 N–H and O–H groups in total. The van der Waals surface area contributed by atoms with Gasteiger partial charge in [0, 0.05) is 32.8 Å². The minimum atomic E-state index is -3.57. The molecule has 2 aliphatic rings. The molecule has 0 amide bonds. The summed E-state index contributed by atoms with van der Waals surface area (Å²) in [5, 5.41) is 0.0809. The highest BCUT2D eigenvalue weighted by molar-refractivity contribution is 7.89. The van der Waals surface area contributed by atoms with Crippen LogP contribution in [-0.2, 0) is 26.5 Å². The van der Waals surface area contributed by atoms with Crippen molar-refractivity contribution < 1.29 is 17.9 Å². The van der Waals surface area contributed by atoms with Gasteiger partial charge in [-0.3, -0.25) is 0 Å². The van der Waals surface area contributed by atoms with Gasteiger partial charge in [-0.1, -0.05) is 0 Å². The van der Waals surface area contributed by atoms with Crippen molar-refractivity contribution in [2.75, 3.05) is 26.9 Å². The van der Waals surface area contributed by atoms with Gasteiger partial charge >= 0.3 is 0 Å². The fourth-order valence-corrected chi connectivity index (χ4v) is 4.46. The van der Waals surface area contributed by atoms with E-state index in [1.54, 1.807) is 18.7 Å². The summed E-state index contributed by atoms with van der Waals surface area (Å²) in [5.41, 5.74) is 0. The highest BCUT2D eigenvalue weighted by Crippen LogP contribution is 2.35. The lowest BCUT2D eigenvalue weighted by molar-refractivity contribution is 0.0599. The number of hydrogen-bond acceptors (Lipinski definition) is 5. The Morgan fingerprint density at radius 3 is 2.89 bits per heavy atom. The number of imidazole rings is 1. The number of aryl methyl sites for hydroxylation is 1. The Bertz CT molecular complexity index is 570. The van der Waals surface area contributed by atoms with Crippen LogP contribution in [0, 0.1) is 5.92 Å². The van der Waals surface area contributed by atoms with E-state index in [-0.39, 0.29) is 23.1 Å². The Kier molecular flexibility index (Phi) is 3.12. The molecule has 0 aliphatic carbocycles. The van der Waals surface area contributed by atoms with Gasteiger partial charge in [0.15, 0.2) is 5.03 Å². The summed E-state index contributed by atoms with van der Waals surface area (Å²) in [7, 11) is -0.220. The van der Waals surface area contributed by atoms with Crippen LogP contribution in [0.1, 0.15) is 0 Å². The molecular weight excluding hydrogens is 270 g/mol. The summed E-state index contributed by atoms with van der Waals surface area (Å²) in [6.07, 6.45) is 2.89. The molecule has 2 saturated heterocycles. The summed E-state index contributed by atoms with van der Waals surface area (Å²) in [4.78, 5) is 3.95. The average molecular weight is 287 g/mol. The normalized spacial score (nSPS) is 31.8. The average Bonchev–Trinajstić information content (AvgIpc) is 3.02. The van der Waals surface area contributed by atoms with Crippen molar-refractivity contribution >= 4 is 10.0 Å². The molecule has 3 atom stereocenters. The topological polar surface area (TPSA) is 73.7 Å². The lowest BCUT2D eigenvalue weighted by Gasteiger charge is -2.20. The van der Waals surface area contributed by atoms with Gasteiger partial charge in [0.2, 0.25) is 0 Å². The fourth-order valence-electron chi connectivity index (χ4n) is 2.83. The molecule has 7 nitrogen and oxygen atoms in total. The standard InChI is InChI=1S/C11H17N3O4S/c1-13-4-11(12-7-13)19(15,16)14-3-10(17-2)8-5-18-6-9(8)14/h4,7-10H,3,5-6H2,1-2H3/t8-,9+,10+/m1/s1. The van der Waals surface area contributed by atoms with Gasteiger partial charge in [0.05, 0.1) is 31.7 Å². The zero-order valence-electron chi connectivity index (χ0n) is 10.9. The first-order chi connectivity index (χ1) is 9.04. The maximum atomic E-state index is 12.6. The van der Waals surface area contributed by atoms with E-state index in [1.807, 2.05) is 0 Å². The highest BCUT2D eigenvalue weighted by Gasteiger charge is 2.50. The van der Waals surface area contributed by atoms with Crippen LogP contribution in [0.15, 0.2) is 17.6 Å². The molecule has 0 unspecified atom stereocenters. The van der Waals surface area contributed by atoms with Crippen LogP contribution < -0.4 is 0 Å². The van der Waals surface area contributed by atoms with Crippen LogP contribution in [0.2, 0.25) is 0 Å². The molecular formula is C11H17N3O4S. The molecule has 0 saturated carbocycles. The number of ether oxygens (including phenoxy) is 2. The number of methoxy groups -OCH3 is 1. The van der Waals surface area contributed by atoms with Gasteiger partial charge in [-0.05, 0) is 0 Å². The van der Waals surface area contributed by atoms with Gasteiger partial charge in [-0.25, -0.2) is 13.4 Å². The van der Waals surface area contributed by atoms with Gasteiger partial charge in [0.25, 0.3) is 10.0 Å². The second kappa shape index (κ2) is 4.55. The minimum absolute atomic E-state index is 0.0809. The summed E-state index contributed by atoms with van der Waals surface area (Å²) in [6, 6.07) is -0.142. The zero-order chi connectivity index (χ0) is 13.6. The van der Waals surface area contributed by atoms with E-state index in [4.69, 9.17) is 9.47 Å². The lowest BCUT2D eigenvalue weighted by Crippen LogP contribution is -2.38. The van der Waals surface area contributed by atoms with Gasteiger partial charge < -0.3 is 14.0 Å². The lowest BCUT2D eigenvalue weighted by atomic mass is 10.0. The predicted octanol–water partition coefficient (Wildman–Crippen LogP) is -0.546. The SMILES string of the molecule is CO[C@H]1CN(S(=O)(=O)c2cn(C)cn2)[C@H]2COC[C@@H]12. The first-order valence-electron chi connectivity index (χ1n) is 6.14. The highest BCUT2D eigenvalue weighted by atomic mass is 32.2. The first-order valence-corrected chi connectivity index (χ1v) is 7.58. The molecule has 3 rings (SSSR count). The molecule has 2 fully saturated rings. The summed E-state index contributed by atoms with van der Waals surface area (Å²) < 4.78 is 39.1. The maximum Gasteiger partial charge on any atom is 0.262 e. The Balaban J connectivity index is 1.93. The smallest absolute Gasteiger partial charge is 0.262 e. The molecule has 2 aliphatic heterocycles. The Morgan fingerprint density at radius 1 is 1.47 bits per heavy atom. The molecule has 3 heterocycles. The predicted molar refractivity (Wildman–Crippen MR) is 66.0 cm³/mol. The van der Waals surface area contributed by atoms with E-state index in [0.29, 0.717) is 19.8 Å². The van der Waals surface area contributed by atoms with Gasteiger partial charge in [-0.15, -0.1) is 0 Å². The van der Waals surface area contributed by atoms with Crippen molar-refractivity contribution in [1.29, 1.82) is 0 Å². The van der Waals surface area contributed by atoms with Gasteiger partial charge in [-0.2, -0.15) is 4.31 Å². The van der Waals surface area contributed by atoms with E-state index in [2.05, 4.69) is 4.98 Å². The first kappa shape index (κ1) is 13.0. The van der Waals surface area contributed by atoms with Crippen molar-refractivity contribution in [3.63, 3.8) is 0 Å². The second-order valence-corrected chi connectivity index (χ2v) is 6.83. The molecule has 0 radical (unpaired) electrons. The monoisotopic (exact) mass is 287 g/mol. The van der Waals surface area contributed by atoms with Crippen LogP contribution in [0.25, 0.3) is 0 Å². The number of sulfonamides is 1. The summed E-state index contributed by atoms with van der Waals surface area (Å²) >= 11 is 0. The molecule has 106 valence electrons. The molecule has 8 heteroatoms. The van der Waals surface area contributed by atoms with Crippen LogP contribution in [0.5, 0.6) is 0 Å². The fraction of sp³-hybridized carbons (Fsp3) is 0.727. The molecule has 19 heavy (non-hydrogen) atoms. The molecule has 1 aromatic heterocycles. The number of rotatable bonds is 3. The quantitative estimate of drug-likeness (QED) is 0.746. The Morgan fingerprint density at radius 2 is 2.26 bits per heavy atom. The third-order valence-corrected chi connectivity index (χ3v) is 5.63. The van der Waals surface area contributed by atoms with E-state index >= 15 is 0 Å². The minimum Gasteiger partial charge on any atom is -0.380 e. The molecule has 0 aromatic carbocycles. The number of nitrogens with zero attached hydrogens (tertiary/aromatic N) is 3. The zero-order valence-corrected chi connectivity index (χ0v) is 11.7. The van der Waals surface area contributed by atoms with E-state index in [9.17, 15) is 8.42 Å². The maximum absolute atomic E-state index is 12.6. The molecule has 0 spiro atoms. The van der Waals surface area contributed by atoms with E-state index in [1.165, 1.54) is 16.8 Å². The van der Waals surface area contributed by atoms with Crippen molar-refractivity contribution in [2.45, 2.75) is 17.2 Å². The Hall–Kier alpha value is -0.960. The van der Waals surface area contributed by atoms with E-state index < -0.39 is 10.0 Å². The number of aromatic nitrogens is 2. The number of hydrogen-bond donors (Lipinski definition) is 0. The van der Waals surface area contributed by atoms with Crippen LogP contribution in [0.4, 0.5) is 0 Å². The van der Waals surface area contributed by atoms with Crippen molar-refractivity contribution in [3.05, 3.63) is 12.5 Å². The number of fused-ring (bicyclic) bond motifs is 1. The van der Waals surface area contributed by atoms with Crippen molar-refractivity contribution in [2.24, 2.45) is 13.0 Å². The largest absolute Gasteiger partial charge is 0.380 e. The summed E-state index contributed by atoms with van der Waals surface area (Å²) in [5.74, 6) is 0.114.